The second-order valence-corrected chi connectivity index (χ2v) is 34.5. The highest BCUT2D eigenvalue weighted by atomic mass is 15.3. The molecule has 4 aliphatic heterocycles. The molecule has 16 atom stereocenters. The van der Waals surface area contributed by atoms with Crippen molar-refractivity contribution in [1.82, 2.24) is 19.6 Å². The van der Waals surface area contributed by atoms with E-state index < -0.39 is 0 Å². The first-order valence-corrected chi connectivity index (χ1v) is 40.0. The van der Waals surface area contributed by atoms with Gasteiger partial charge in [0.1, 0.15) is 0 Å². The van der Waals surface area contributed by atoms with Crippen molar-refractivity contribution in [1.29, 1.82) is 0 Å². The van der Waals surface area contributed by atoms with Gasteiger partial charge < -0.3 is 0 Å². The summed E-state index contributed by atoms with van der Waals surface area (Å²) in [6, 6.07) is 9.98. The Morgan fingerprint density at radius 3 is 0.459 bits per heavy atom. The molecule has 0 N–H and O–H groups in total. The van der Waals surface area contributed by atoms with Gasteiger partial charge in [-0.25, -0.2) is 0 Å². The van der Waals surface area contributed by atoms with E-state index in [-0.39, 0.29) is 0 Å². The van der Waals surface area contributed by atoms with Crippen LogP contribution in [0.2, 0.25) is 0 Å². The molecule has 0 saturated heterocycles. The van der Waals surface area contributed by atoms with Gasteiger partial charge >= 0.3 is 0 Å². The van der Waals surface area contributed by atoms with Gasteiger partial charge in [0.15, 0.2) is 0 Å². The Labute approximate surface area is 522 Å². The normalized spacial score (nSPS) is 49.2. The fourth-order valence-corrected chi connectivity index (χ4v) is 27.7. The zero-order valence-corrected chi connectivity index (χ0v) is 54.7. The van der Waals surface area contributed by atoms with E-state index in [1.165, 1.54) is 257 Å². The van der Waals surface area contributed by atoms with Crippen molar-refractivity contribution in [3.63, 3.8) is 0 Å². The summed E-state index contributed by atoms with van der Waals surface area (Å²) in [6.07, 6.45) is 94.8. The van der Waals surface area contributed by atoms with Crippen LogP contribution in [0.15, 0.2) is 48.6 Å². The zero-order valence-electron chi connectivity index (χ0n) is 54.7. The lowest BCUT2D eigenvalue weighted by Crippen LogP contribution is -2.60. The lowest BCUT2D eigenvalue weighted by molar-refractivity contribution is -0.136. The van der Waals surface area contributed by atoms with Crippen LogP contribution < -0.4 is 0 Å². The zero-order chi connectivity index (χ0) is 56.3. The second kappa shape index (κ2) is 26.4. The van der Waals surface area contributed by atoms with Gasteiger partial charge in [-0.05, 0) is 282 Å². The smallest absolute Gasteiger partial charge is 0.0164 e. The molecule has 16 rings (SSSR count). The van der Waals surface area contributed by atoms with Gasteiger partial charge in [0.25, 0.3) is 0 Å². The Morgan fingerprint density at radius 1 is 0.165 bits per heavy atom. The minimum Gasteiger partial charge on any atom is -0.293 e. The molecule has 4 heteroatoms. The molecule has 0 bridgehead atoms. The maximum absolute atomic E-state index is 3.40. The van der Waals surface area contributed by atoms with Crippen molar-refractivity contribution in [2.24, 2.45) is 76.4 Å². The Kier molecular flexibility index (Phi) is 18.3. The van der Waals surface area contributed by atoms with Gasteiger partial charge in [-0.3, -0.25) is 19.6 Å². The number of fused-ring (bicyclic) bond motifs is 8. The molecule has 12 fully saturated rings. The monoisotopic (exact) mass is 1160 g/mol. The molecule has 472 valence electrons. The fraction of sp³-hybridized carbons (Fsp3) is 0.901. The van der Waals surface area contributed by atoms with Crippen LogP contribution in [0, 0.1) is 76.4 Å². The van der Waals surface area contributed by atoms with Crippen LogP contribution in [0.4, 0.5) is 0 Å². The number of rotatable bonds is 8. The third kappa shape index (κ3) is 11.3. The van der Waals surface area contributed by atoms with Crippen LogP contribution in [-0.4, -0.2) is 92.1 Å². The lowest BCUT2D eigenvalue weighted by atomic mass is 9.44. The van der Waals surface area contributed by atoms with E-state index in [9.17, 15) is 0 Å². The third-order valence-electron chi connectivity index (χ3n) is 31.0. The summed E-state index contributed by atoms with van der Waals surface area (Å²) in [4.78, 5) is 13.6. The number of nitrogens with zero attached hydrogens (tertiary/aromatic N) is 4. The van der Waals surface area contributed by atoms with E-state index in [0.29, 0.717) is 5.41 Å². The van der Waals surface area contributed by atoms with E-state index in [4.69, 9.17) is 0 Å². The molecule has 4 nitrogen and oxygen atoms in total. The average molecular weight is 1160 g/mol. The first kappa shape index (κ1) is 58.9. The molecular weight excluding hydrogens is 1030 g/mol. The molecule has 0 aromatic rings. The summed E-state index contributed by atoms with van der Waals surface area (Å²) in [5, 5.41) is 0. The number of hydrogen-bond donors (Lipinski definition) is 0. The largest absolute Gasteiger partial charge is 0.293 e. The topological polar surface area (TPSA) is 13.0 Å². The maximum atomic E-state index is 3.40. The van der Waals surface area contributed by atoms with Crippen LogP contribution in [0.3, 0.4) is 0 Å². The first-order chi connectivity index (χ1) is 42.2. The summed E-state index contributed by atoms with van der Waals surface area (Å²) in [7, 11) is 0. The molecule has 12 aliphatic carbocycles. The molecule has 0 aromatic heterocycles. The van der Waals surface area contributed by atoms with Crippen molar-refractivity contribution >= 4 is 0 Å². The SMILES string of the molecule is C1=CC2CCCCC2N(C2CCC(C(C3CCC(N4C5CCCCC5C=CC5CCCCC54)CC3)(C3CCC(N4C5CCCCC5C=CC5CCCCC54)CC3)C3CCC(N4C5CCCCC5C=CC5CCCCC54)CC3)CC2)C2CCCCC12. The molecule has 4 heterocycles. The summed E-state index contributed by atoms with van der Waals surface area (Å²) in [6.45, 7) is 0. The van der Waals surface area contributed by atoms with E-state index in [0.717, 1.165) is 144 Å². The average Bonchev–Trinajstić information content (AvgIpc) is 3.76. The second-order valence-electron chi connectivity index (χ2n) is 34.5. The van der Waals surface area contributed by atoms with Gasteiger partial charge in [0.05, 0.1) is 0 Å². The van der Waals surface area contributed by atoms with Crippen LogP contribution >= 0.6 is 0 Å². The quantitative estimate of drug-likeness (QED) is 0.225. The summed E-state index contributed by atoms with van der Waals surface area (Å²) in [5.41, 5.74) is 0.524. The van der Waals surface area contributed by atoms with Crippen LogP contribution in [-0.2, 0) is 0 Å². The van der Waals surface area contributed by atoms with Gasteiger partial charge in [-0.2, -0.15) is 0 Å². The van der Waals surface area contributed by atoms with Crippen molar-refractivity contribution in [3.8, 4) is 0 Å². The highest BCUT2D eigenvalue weighted by Crippen LogP contribution is 2.65. The fourth-order valence-electron chi connectivity index (χ4n) is 27.7. The minimum absolute atomic E-state index is 0.524. The van der Waals surface area contributed by atoms with Crippen molar-refractivity contribution in [2.75, 3.05) is 0 Å². The standard InChI is InChI=1S/C81H128N4/c1-9-25-73-57(17-1)33-34-58-18-2-10-26-74(58)82(73)69-49-41-65(42-50-69)81(66-43-51-70(52-44-66)83-75-27-11-3-19-59(75)35-36-60-20-4-12-28-76(60)83,67-45-53-71(54-46-67)84-77-29-13-5-21-61(77)37-38-62-22-6-14-30-78(62)84)68-47-55-72(56-48-68)85-79-31-15-7-23-63(79)39-40-64-24-8-16-32-80(64)85/h33-40,57-80H,1-32,41-56H2. The molecule has 85 heavy (non-hydrogen) atoms. The van der Waals surface area contributed by atoms with E-state index in [1.54, 1.807) is 51.4 Å². The Morgan fingerprint density at radius 2 is 0.306 bits per heavy atom. The van der Waals surface area contributed by atoms with Gasteiger partial charge in [0, 0.05) is 72.5 Å². The van der Waals surface area contributed by atoms with Crippen LogP contribution in [0.25, 0.3) is 0 Å². The molecule has 0 spiro atoms. The predicted octanol–water partition coefficient (Wildman–Crippen LogP) is 20.2. The maximum Gasteiger partial charge on any atom is 0.0164 e. The number of hydrogen-bond acceptors (Lipinski definition) is 4. The van der Waals surface area contributed by atoms with E-state index in [1.807, 2.05) is 0 Å². The molecule has 12 saturated carbocycles. The van der Waals surface area contributed by atoms with Gasteiger partial charge in [0.2, 0.25) is 0 Å². The molecule has 0 amide bonds. The molecule has 0 radical (unpaired) electrons. The van der Waals surface area contributed by atoms with Crippen LogP contribution in [0.1, 0.15) is 308 Å². The molecule has 0 aromatic carbocycles. The van der Waals surface area contributed by atoms with Crippen molar-refractivity contribution in [3.05, 3.63) is 48.6 Å². The van der Waals surface area contributed by atoms with Crippen molar-refractivity contribution in [2.45, 2.75) is 381 Å². The predicted molar refractivity (Wildman–Crippen MR) is 355 cm³/mol. The lowest BCUT2D eigenvalue weighted by Gasteiger charge is -2.63. The highest BCUT2D eigenvalue weighted by Gasteiger charge is 2.60. The molecule has 16 unspecified atom stereocenters. The van der Waals surface area contributed by atoms with E-state index >= 15 is 0 Å². The Balaban J connectivity index is 0.746. The first-order valence-electron chi connectivity index (χ1n) is 40.0. The summed E-state index contributed by atoms with van der Waals surface area (Å²) < 4.78 is 0. The molecule has 16 aliphatic rings. The van der Waals surface area contributed by atoms with Gasteiger partial charge in [-0.1, -0.05) is 151 Å². The van der Waals surface area contributed by atoms with Gasteiger partial charge in [-0.15, -0.1) is 0 Å². The third-order valence-corrected chi connectivity index (χ3v) is 31.0. The minimum atomic E-state index is 0.524. The van der Waals surface area contributed by atoms with E-state index in [2.05, 4.69) is 68.2 Å². The summed E-state index contributed by atoms with van der Waals surface area (Å²) >= 11 is 0. The molecular formula is C81H128N4. The van der Waals surface area contributed by atoms with Crippen molar-refractivity contribution < 1.29 is 0 Å². The Hall–Kier alpha value is -1.20. The summed E-state index contributed by atoms with van der Waals surface area (Å²) in [5.74, 6) is 10.4. The highest BCUT2D eigenvalue weighted by molar-refractivity contribution is 5.17. The Bertz CT molecular complexity index is 1860. The van der Waals surface area contributed by atoms with Crippen LogP contribution in [0.5, 0.6) is 0 Å².